The van der Waals surface area contributed by atoms with Crippen LogP contribution in [0.3, 0.4) is 0 Å². The standard InChI is InChI=1S/C9H12N4OS/c1-15(14)5-4-13-8-2-3-11-6-7(8)12-9(13)10/h2-3,6H,4-5H2,1H3,(H2,10,12). The smallest absolute Gasteiger partial charge is 0.201 e. The lowest BCUT2D eigenvalue weighted by molar-refractivity contribution is 0.680. The van der Waals surface area contributed by atoms with Gasteiger partial charge < -0.3 is 10.3 Å². The highest BCUT2D eigenvalue weighted by atomic mass is 32.2. The largest absolute Gasteiger partial charge is 0.369 e. The minimum atomic E-state index is -0.821. The summed E-state index contributed by atoms with van der Waals surface area (Å²) in [5.74, 6) is 1.03. The zero-order chi connectivity index (χ0) is 10.8. The summed E-state index contributed by atoms with van der Waals surface area (Å²) in [6.07, 6.45) is 5.05. The number of nitrogens with two attached hydrogens (primary N) is 1. The first-order valence-corrected chi connectivity index (χ1v) is 6.27. The predicted octanol–water partition coefficient (Wildman–Crippen LogP) is 0.392. The summed E-state index contributed by atoms with van der Waals surface area (Å²) in [5.41, 5.74) is 7.48. The van der Waals surface area contributed by atoms with E-state index in [9.17, 15) is 4.21 Å². The van der Waals surface area contributed by atoms with Gasteiger partial charge in [-0.2, -0.15) is 0 Å². The molecule has 0 aliphatic carbocycles. The number of hydrogen-bond acceptors (Lipinski definition) is 4. The fourth-order valence-electron chi connectivity index (χ4n) is 1.46. The number of imidazole rings is 1. The van der Waals surface area contributed by atoms with Gasteiger partial charge in [0.15, 0.2) is 0 Å². The van der Waals surface area contributed by atoms with Crippen LogP contribution in [0.2, 0.25) is 0 Å². The van der Waals surface area contributed by atoms with Crippen molar-refractivity contribution in [1.82, 2.24) is 14.5 Å². The normalized spacial score (nSPS) is 13.1. The Bertz CT molecular complexity index is 508. The second-order valence-electron chi connectivity index (χ2n) is 3.26. The highest BCUT2D eigenvalue weighted by molar-refractivity contribution is 7.84. The molecule has 2 aromatic heterocycles. The van der Waals surface area contributed by atoms with Crippen LogP contribution < -0.4 is 5.73 Å². The molecule has 0 radical (unpaired) electrons. The van der Waals surface area contributed by atoms with Crippen molar-refractivity contribution in [3.63, 3.8) is 0 Å². The van der Waals surface area contributed by atoms with Crippen molar-refractivity contribution in [2.75, 3.05) is 17.7 Å². The lowest BCUT2D eigenvalue weighted by atomic mass is 10.4. The monoisotopic (exact) mass is 224 g/mol. The van der Waals surface area contributed by atoms with Gasteiger partial charge in [-0.05, 0) is 6.07 Å². The van der Waals surface area contributed by atoms with Crippen molar-refractivity contribution >= 4 is 27.8 Å². The summed E-state index contributed by atoms with van der Waals surface area (Å²) in [4.78, 5) is 8.14. The Labute approximate surface area is 89.8 Å². The number of fused-ring (bicyclic) bond motifs is 1. The first-order chi connectivity index (χ1) is 7.18. The van der Waals surface area contributed by atoms with E-state index < -0.39 is 10.8 Å². The Morgan fingerprint density at radius 2 is 2.40 bits per heavy atom. The maximum atomic E-state index is 11.0. The molecule has 0 fully saturated rings. The first-order valence-electron chi connectivity index (χ1n) is 4.54. The molecule has 5 nitrogen and oxygen atoms in total. The topological polar surface area (TPSA) is 73.8 Å². The highest BCUT2D eigenvalue weighted by Crippen LogP contribution is 2.15. The molecule has 0 aliphatic heterocycles. The van der Waals surface area contributed by atoms with Crippen LogP contribution in [0.25, 0.3) is 11.0 Å². The molecule has 0 saturated heterocycles. The van der Waals surface area contributed by atoms with Gasteiger partial charge in [-0.1, -0.05) is 0 Å². The average molecular weight is 224 g/mol. The van der Waals surface area contributed by atoms with Crippen LogP contribution in [-0.4, -0.2) is 30.8 Å². The molecule has 0 aromatic carbocycles. The average Bonchev–Trinajstić information content (AvgIpc) is 2.50. The van der Waals surface area contributed by atoms with Crippen molar-refractivity contribution < 1.29 is 4.21 Å². The summed E-state index contributed by atoms with van der Waals surface area (Å²) < 4.78 is 12.9. The van der Waals surface area contributed by atoms with E-state index in [0.717, 1.165) is 11.0 Å². The molecular weight excluding hydrogens is 212 g/mol. The number of rotatable bonds is 3. The molecule has 2 N–H and O–H groups in total. The first kappa shape index (κ1) is 10.1. The molecule has 0 spiro atoms. The third kappa shape index (κ3) is 1.99. The molecule has 2 rings (SSSR count). The Balaban J connectivity index is 2.40. The van der Waals surface area contributed by atoms with E-state index in [2.05, 4.69) is 9.97 Å². The van der Waals surface area contributed by atoms with Crippen molar-refractivity contribution in [2.45, 2.75) is 6.54 Å². The van der Waals surface area contributed by atoms with Gasteiger partial charge in [0.2, 0.25) is 5.95 Å². The number of anilines is 1. The SMILES string of the molecule is CS(=O)CCn1c(N)nc2cnccc21. The molecule has 1 atom stereocenters. The van der Waals surface area contributed by atoms with E-state index in [1.165, 1.54) is 0 Å². The number of pyridine rings is 1. The zero-order valence-electron chi connectivity index (χ0n) is 8.38. The second-order valence-corrected chi connectivity index (χ2v) is 4.82. The number of hydrogen-bond donors (Lipinski definition) is 1. The second kappa shape index (κ2) is 3.98. The number of aryl methyl sites for hydroxylation is 1. The Kier molecular flexibility index (Phi) is 2.68. The van der Waals surface area contributed by atoms with E-state index in [1.54, 1.807) is 18.6 Å². The lowest BCUT2D eigenvalue weighted by Gasteiger charge is -2.03. The van der Waals surface area contributed by atoms with Crippen LogP contribution in [0, 0.1) is 0 Å². The van der Waals surface area contributed by atoms with Crippen LogP contribution in [-0.2, 0) is 17.3 Å². The van der Waals surface area contributed by atoms with E-state index >= 15 is 0 Å². The lowest BCUT2D eigenvalue weighted by Crippen LogP contribution is -2.09. The third-order valence-electron chi connectivity index (χ3n) is 2.18. The quantitative estimate of drug-likeness (QED) is 0.818. The summed E-state index contributed by atoms with van der Waals surface area (Å²) in [6.45, 7) is 0.620. The van der Waals surface area contributed by atoms with Crippen LogP contribution in [0.15, 0.2) is 18.5 Å². The molecule has 15 heavy (non-hydrogen) atoms. The van der Waals surface area contributed by atoms with Crippen LogP contribution in [0.1, 0.15) is 0 Å². The summed E-state index contributed by atoms with van der Waals surface area (Å²) >= 11 is 0. The minimum absolute atomic E-state index is 0.448. The third-order valence-corrected chi connectivity index (χ3v) is 2.94. The van der Waals surface area contributed by atoms with Crippen molar-refractivity contribution in [3.8, 4) is 0 Å². The molecule has 2 aromatic rings. The van der Waals surface area contributed by atoms with Crippen LogP contribution in [0.5, 0.6) is 0 Å². The van der Waals surface area contributed by atoms with E-state index in [0.29, 0.717) is 18.2 Å². The van der Waals surface area contributed by atoms with E-state index in [1.807, 2.05) is 10.6 Å². The minimum Gasteiger partial charge on any atom is -0.369 e. The van der Waals surface area contributed by atoms with Gasteiger partial charge >= 0.3 is 0 Å². The highest BCUT2D eigenvalue weighted by Gasteiger charge is 2.07. The number of nitrogens with zero attached hydrogens (tertiary/aromatic N) is 3. The predicted molar refractivity (Wildman–Crippen MR) is 60.9 cm³/mol. The molecule has 0 bridgehead atoms. The molecule has 6 heteroatoms. The van der Waals surface area contributed by atoms with Crippen LogP contribution >= 0.6 is 0 Å². The summed E-state index contributed by atoms with van der Waals surface area (Å²) in [6, 6.07) is 1.86. The van der Waals surface area contributed by atoms with E-state index in [-0.39, 0.29) is 0 Å². The Morgan fingerprint density at radius 1 is 1.60 bits per heavy atom. The van der Waals surface area contributed by atoms with Gasteiger partial charge in [0, 0.05) is 35.5 Å². The van der Waals surface area contributed by atoms with Crippen molar-refractivity contribution in [1.29, 1.82) is 0 Å². The van der Waals surface area contributed by atoms with Gasteiger partial charge in [-0.3, -0.25) is 9.19 Å². The molecule has 80 valence electrons. The van der Waals surface area contributed by atoms with Crippen molar-refractivity contribution in [2.24, 2.45) is 0 Å². The van der Waals surface area contributed by atoms with Gasteiger partial charge in [0.25, 0.3) is 0 Å². The van der Waals surface area contributed by atoms with Crippen LogP contribution in [0.4, 0.5) is 5.95 Å². The number of nitrogen functional groups attached to an aromatic ring is 1. The van der Waals surface area contributed by atoms with Gasteiger partial charge in [-0.25, -0.2) is 4.98 Å². The maximum absolute atomic E-state index is 11.0. The number of aromatic nitrogens is 3. The molecule has 0 aliphatic rings. The molecule has 0 saturated carbocycles. The maximum Gasteiger partial charge on any atom is 0.201 e. The van der Waals surface area contributed by atoms with Crippen molar-refractivity contribution in [3.05, 3.63) is 18.5 Å². The Hall–Kier alpha value is -1.43. The molecule has 0 amide bonds. The molecule has 1 unspecified atom stereocenters. The fraction of sp³-hybridized carbons (Fsp3) is 0.333. The van der Waals surface area contributed by atoms with Gasteiger partial charge in [0.1, 0.15) is 5.52 Å². The summed E-state index contributed by atoms with van der Waals surface area (Å²) in [7, 11) is -0.821. The summed E-state index contributed by atoms with van der Waals surface area (Å²) in [5, 5.41) is 0. The van der Waals surface area contributed by atoms with Gasteiger partial charge in [0.05, 0.1) is 11.7 Å². The van der Waals surface area contributed by atoms with E-state index in [4.69, 9.17) is 5.73 Å². The molecule has 2 heterocycles. The zero-order valence-corrected chi connectivity index (χ0v) is 9.20. The Morgan fingerprint density at radius 3 is 3.13 bits per heavy atom. The fourth-order valence-corrected chi connectivity index (χ4v) is 1.89. The van der Waals surface area contributed by atoms with Gasteiger partial charge in [-0.15, -0.1) is 0 Å². The molecular formula is C9H12N4OS.